The van der Waals surface area contributed by atoms with Crippen molar-refractivity contribution in [1.82, 2.24) is 24.1 Å². The Hall–Kier alpha value is -2.41. The van der Waals surface area contributed by atoms with Gasteiger partial charge in [-0.2, -0.15) is 5.10 Å². The Morgan fingerprint density at radius 1 is 1.24 bits per heavy atom. The van der Waals surface area contributed by atoms with Gasteiger partial charge in [0.05, 0.1) is 18.1 Å². The molecule has 0 bridgehead atoms. The zero-order valence-electron chi connectivity index (χ0n) is 14.7. The molecule has 1 aliphatic heterocycles. The van der Waals surface area contributed by atoms with Crippen molar-refractivity contribution >= 4 is 11.3 Å². The summed E-state index contributed by atoms with van der Waals surface area (Å²) in [5, 5.41) is 4.66. The van der Waals surface area contributed by atoms with Crippen molar-refractivity contribution in [2.45, 2.75) is 45.8 Å². The van der Waals surface area contributed by atoms with Gasteiger partial charge in [-0.15, -0.1) is 0 Å². The van der Waals surface area contributed by atoms with Gasteiger partial charge in [-0.05, 0) is 31.6 Å². The van der Waals surface area contributed by atoms with Crippen molar-refractivity contribution in [3.05, 3.63) is 30.5 Å². The van der Waals surface area contributed by atoms with Crippen LogP contribution in [0.5, 0.6) is 0 Å². The van der Waals surface area contributed by atoms with E-state index in [4.69, 9.17) is 10.5 Å². The predicted molar refractivity (Wildman–Crippen MR) is 96.0 cm³/mol. The van der Waals surface area contributed by atoms with Crippen molar-refractivity contribution in [2.75, 3.05) is 12.3 Å². The van der Waals surface area contributed by atoms with E-state index in [1.165, 1.54) is 5.69 Å². The Morgan fingerprint density at radius 3 is 2.88 bits per heavy atom. The molecule has 4 heterocycles. The number of ether oxygens (including phenoxy) is 1. The number of hydrogen-bond donors (Lipinski definition) is 1. The first-order chi connectivity index (χ1) is 12.1. The molecule has 7 heteroatoms. The molecule has 2 N–H and O–H groups in total. The number of imidazole rings is 1. The number of rotatable bonds is 4. The van der Waals surface area contributed by atoms with Crippen molar-refractivity contribution in [3.63, 3.8) is 0 Å². The molecule has 0 saturated carbocycles. The molecule has 4 rings (SSSR count). The highest BCUT2D eigenvalue weighted by molar-refractivity contribution is 5.69. The highest BCUT2D eigenvalue weighted by Crippen LogP contribution is 2.28. The molecule has 25 heavy (non-hydrogen) atoms. The van der Waals surface area contributed by atoms with Crippen LogP contribution in [0.25, 0.3) is 17.0 Å². The molecule has 1 saturated heterocycles. The molecular formula is C18H24N6O. The van der Waals surface area contributed by atoms with E-state index in [9.17, 15) is 0 Å². The lowest BCUT2D eigenvalue weighted by atomic mass is 10.1. The predicted octanol–water partition coefficient (Wildman–Crippen LogP) is 3.07. The fourth-order valence-electron chi connectivity index (χ4n) is 3.32. The molecular weight excluding hydrogens is 316 g/mol. The van der Waals surface area contributed by atoms with Gasteiger partial charge in [0.1, 0.15) is 17.6 Å². The lowest BCUT2D eigenvalue weighted by Crippen LogP contribution is -2.18. The molecule has 7 nitrogen and oxygen atoms in total. The minimum absolute atomic E-state index is 0.0294. The summed E-state index contributed by atoms with van der Waals surface area (Å²) in [5.41, 5.74) is 10.3. The van der Waals surface area contributed by atoms with Gasteiger partial charge in [0.2, 0.25) is 0 Å². The van der Waals surface area contributed by atoms with Crippen LogP contribution in [0.4, 0.5) is 5.69 Å². The third-order valence-electron chi connectivity index (χ3n) is 4.54. The molecule has 0 amide bonds. The Labute approximate surface area is 146 Å². The summed E-state index contributed by atoms with van der Waals surface area (Å²) in [6.07, 6.45) is 11.7. The van der Waals surface area contributed by atoms with Crippen LogP contribution in [-0.2, 0) is 11.2 Å². The normalized spacial score (nSPS) is 18.3. The number of aromatic nitrogens is 5. The van der Waals surface area contributed by atoms with Crippen LogP contribution >= 0.6 is 0 Å². The lowest BCUT2D eigenvalue weighted by Gasteiger charge is -2.22. The molecule has 3 aromatic rings. The lowest BCUT2D eigenvalue weighted by molar-refractivity contribution is -0.0393. The smallest absolute Gasteiger partial charge is 0.155 e. The number of nitrogens with two attached hydrogens (primary N) is 1. The highest BCUT2D eigenvalue weighted by Gasteiger charge is 2.20. The fraction of sp³-hybridized carbons (Fsp3) is 0.500. The van der Waals surface area contributed by atoms with E-state index in [0.29, 0.717) is 17.3 Å². The average Bonchev–Trinajstić information content (AvgIpc) is 3.19. The number of hydrogen-bond acceptors (Lipinski definition) is 5. The van der Waals surface area contributed by atoms with Crippen LogP contribution in [0.15, 0.2) is 24.8 Å². The number of fused-ring (bicyclic) bond motifs is 1. The van der Waals surface area contributed by atoms with Crippen molar-refractivity contribution in [2.24, 2.45) is 5.92 Å². The van der Waals surface area contributed by atoms with E-state index >= 15 is 0 Å². The third kappa shape index (κ3) is 3.11. The number of nitrogen functional groups attached to an aromatic ring is 1. The number of anilines is 1. The van der Waals surface area contributed by atoms with E-state index in [0.717, 1.165) is 43.6 Å². The van der Waals surface area contributed by atoms with Gasteiger partial charge >= 0.3 is 0 Å². The Kier molecular flexibility index (Phi) is 4.17. The molecule has 0 spiro atoms. The van der Waals surface area contributed by atoms with Crippen molar-refractivity contribution < 1.29 is 4.74 Å². The molecule has 0 aromatic carbocycles. The summed E-state index contributed by atoms with van der Waals surface area (Å²) in [6.45, 7) is 5.17. The van der Waals surface area contributed by atoms with E-state index < -0.39 is 0 Å². The van der Waals surface area contributed by atoms with Crippen LogP contribution in [0.1, 0.15) is 45.0 Å². The Bertz CT molecular complexity index is 875. The largest absolute Gasteiger partial charge is 0.396 e. The Balaban J connectivity index is 1.70. The maximum atomic E-state index is 6.21. The summed E-state index contributed by atoms with van der Waals surface area (Å²) >= 11 is 0. The second kappa shape index (κ2) is 6.48. The summed E-state index contributed by atoms with van der Waals surface area (Å²) in [4.78, 5) is 8.94. The van der Waals surface area contributed by atoms with Crippen molar-refractivity contribution in [3.8, 4) is 11.4 Å². The quantitative estimate of drug-likeness (QED) is 0.789. The monoisotopic (exact) mass is 340 g/mol. The average molecular weight is 340 g/mol. The van der Waals surface area contributed by atoms with Gasteiger partial charge in [-0.1, -0.05) is 13.8 Å². The maximum Gasteiger partial charge on any atom is 0.155 e. The minimum Gasteiger partial charge on any atom is -0.396 e. The zero-order chi connectivity index (χ0) is 17.4. The third-order valence-corrected chi connectivity index (χ3v) is 4.54. The van der Waals surface area contributed by atoms with Gasteiger partial charge in [-0.25, -0.2) is 14.6 Å². The highest BCUT2D eigenvalue weighted by atomic mass is 16.5. The van der Waals surface area contributed by atoms with Crippen LogP contribution in [0, 0.1) is 5.92 Å². The topological polar surface area (TPSA) is 83.3 Å². The second-order valence-corrected chi connectivity index (χ2v) is 7.08. The zero-order valence-corrected chi connectivity index (χ0v) is 14.7. The summed E-state index contributed by atoms with van der Waals surface area (Å²) in [7, 11) is 0. The molecule has 1 aliphatic rings. The second-order valence-electron chi connectivity index (χ2n) is 7.08. The van der Waals surface area contributed by atoms with E-state index in [-0.39, 0.29) is 6.23 Å². The molecule has 1 fully saturated rings. The first-order valence-corrected chi connectivity index (χ1v) is 8.90. The first-order valence-electron chi connectivity index (χ1n) is 8.90. The van der Waals surface area contributed by atoms with Crippen LogP contribution in [0.3, 0.4) is 0 Å². The first kappa shape index (κ1) is 16.1. The molecule has 1 unspecified atom stereocenters. The molecule has 132 valence electrons. The van der Waals surface area contributed by atoms with Gasteiger partial charge in [0, 0.05) is 24.7 Å². The van der Waals surface area contributed by atoms with Gasteiger partial charge < -0.3 is 14.9 Å². The van der Waals surface area contributed by atoms with Gasteiger partial charge in [-0.3, -0.25) is 0 Å². The maximum absolute atomic E-state index is 6.21. The number of nitrogens with zero attached hydrogens (tertiary/aromatic N) is 5. The van der Waals surface area contributed by atoms with Crippen LogP contribution in [-0.4, -0.2) is 30.8 Å². The van der Waals surface area contributed by atoms with Gasteiger partial charge in [0.15, 0.2) is 5.65 Å². The minimum atomic E-state index is -0.0294. The van der Waals surface area contributed by atoms with E-state index in [1.54, 1.807) is 6.20 Å². The summed E-state index contributed by atoms with van der Waals surface area (Å²) in [6, 6.07) is 0. The fourth-order valence-corrected chi connectivity index (χ4v) is 3.32. The van der Waals surface area contributed by atoms with E-state index in [2.05, 4.69) is 33.3 Å². The van der Waals surface area contributed by atoms with Crippen LogP contribution < -0.4 is 5.73 Å². The summed E-state index contributed by atoms with van der Waals surface area (Å²) in [5.74, 6) is 0.559. The van der Waals surface area contributed by atoms with E-state index in [1.807, 2.05) is 23.3 Å². The van der Waals surface area contributed by atoms with Crippen LogP contribution in [0.2, 0.25) is 0 Å². The standard InChI is InChI=1S/C18H24N6O/c1-12(2)7-13-8-21-16-9-20-15(11-23(13)16)18-14(19)10-24(22-18)17-5-3-4-6-25-17/h8-12,17H,3-7,19H2,1-2H3. The van der Waals surface area contributed by atoms with Crippen molar-refractivity contribution in [1.29, 1.82) is 0 Å². The molecule has 3 aromatic heterocycles. The Morgan fingerprint density at radius 2 is 2.12 bits per heavy atom. The summed E-state index contributed by atoms with van der Waals surface area (Å²) < 4.78 is 9.71. The molecule has 1 atom stereocenters. The molecule has 0 aliphatic carbocycles. The SMILES string of the molecule is CC(C)Cc1cnc2cnc(-c3nn(C4CCCCO4)cc3N)cn12. The van der Waals surface area contributed by atoms with Gasteiger partial charge in [0.25, 0.3) is 0 Å². The molecule has 0 radical (unpaired) electrons.